The van der Waals surface area contributed by atoms with Crippen LogP contribution < -0.4 is 11.1 Å². The van der Waals surface area contributed by atoms with Crippen LogP contribution in [0.15, 0.2) is 83.1 Å². The summed E-state index contributed by atoms with van der Waals surface area (Å²) in [4.78, 5) is 18.7. The summed E-state index contributed by atoms with van der Waals surface area (Å²) in [6.07, 6.45) is 0. The quantitative estimate of drug-likeness (QED) is 0.224. The molecule has 1 heterocycles. The number of carbonyl (C=O) groups excluding carboxylic acids is 1. The Balaban J connectivity index is 1.57. The minimum Gasteiger partial charge on any atom is -0.399 e. The molecule has 0 spiro atoms. The van der Waals surface area contributed by atoms with Gasteiger partial charge in [-0.3, -0.25) is 4.79 Å². The molecule has 8 heteroatoms. The number of benzene rings is 3. The van der Waals surface area contributed by atoms with E-state index in [2.05, 4.69) is 10.3 Å². The largest absolute Gasteiger partial charge is 0.399 e. The standard InChI is InChI=1S/C23H17Cl2N3OS2/c24-15-9-10-18(19(25)11-15)20-13-30-23(27-20)28-22(29)21(14-5-2-1-3-6-14)31-17-8-4-7-16(26)12-17/h1-13,21H,26H2,(H,27,28,29). The maximum absolute atomic E-state index is 13.2. The molecule has 156 valence electrons. The Kier molecular flexibility index (Phi) is 6.83. The second-order valence-electron chi connectivity index (χ2n) is 6.63. The van der Waals surface area contributed by atoms with E-state index in [-0.39, 0.29) is 5.91 Å². The Labute approximate surface area is 198 Å². The van der Waals surface area contributed by atoms with Crippen molar-refractivity contribution < 1.29 is 4.79 Å². The van der Waals surface area contributed by atoms with E-state index in [1.807, 2.05) is 66.0 Å². The van der Waals surface area contributed by atoms with Gasteiger partial charge in [-0.05, 0) is 42.0 Å². The molecule has 1 amide bonds. The summed E-state index contributed by atoms with van der Waals surface area (Å²) in [5.41, 5.74) is 8.90. The molecule has 1 atom stereocenters. The molecule has 4 rings (SSSR count). The number of rotatable bonds is 6. The number of anilines is 2. The number of nitrogens with zero attached hydrogens (tertiary/aromatic N) is 1. The van der Waals surface area contributed by atoms with Crippen LogP contribution in [0.25, 0.3) is 11.3 Å². The summed E-state index contributed by atoms with van der Waals surface area (Å²) in [6.45, 7) is 0. The summed E-state index contributed by atoms with van der Waals surface area (Å²) >= 11 is 15.1. The lowest BCUT2D eigenvalue weighted by atomic mass is 10.1. The lowest BCUT2D eigenvalue weighted by Gasteiger charge is -2.16. The first-order valence-corrected chi connectivity index (χ1v) is 11.8. The van der Waals surface area contributed by atoms with Gasteiger partial charge in [0.1, 0.15) is 5.25 Å². The average molecular weight is 486 g/mol. The zero-order chi connectivity index (χ0) is 21.8. The first-order chi connectivity index (χ1) is 15.0. The molecule has 1 unspecified atom stereocenters. The Bertz CT molecular complexity index is 1210. The molecule has 0 aliphatic carbocycles. The Morgan fingerprint density at radius 3 is 2.58 bits per heavy atom. The van der Waals surface area contributed by atoms with E-state index in [1.54, 1.807) is 12.1 Å². The highest BCUT2D eigenvalue weighted by molar-refractivity contribution is 8.00. The van der Waals surface area contributed by atoms with E-state index in [0.29, 0.717) is 26.6 Å². The number of carbonyl (C=O) groups is 1. The molecule has 31 heavy (non-hydrogen) atoms. The van der Waals surface area contributed by atoms with Crippen LogP contribution in [0.4, 0.5) is 10.8 Å². The van der Waals surface area contributed by atoms with Crippen LogP contribution in [0.3, 0.4) is 0 Å². The lowest BCUT2D eigenvalue weighted by Crippen LogP contribution is -2.19. The highest BCUT2D eigenvalue weighted by Crippen LogP contribution is 2.38. The SMILES string of the molecule is Nc1cccc(SC(C(=O)Nc2nc(-c3ccc(Cl)cc3Cl)cs2)c2ccccc2)c1. The van der Waals surface area contributed by atoms with Gasteiger partial charge in [0.2, 0.25) is 5.91 Å². The number of nitrogen functional groups attached to an aromatic ring is 1. The first kappa shape index (κ1) is 21.7. The number of amides is 1. The van der Waals surface area contributed by atoms with Crippen LogP contribution in [0.5, 0.6) is 0 Å². The van der Waals surface area contributed by atoms with Crippen molar-refractivity contribution >= 4 is 63.0 Å². The molecule has 4 nitrogen and oxygen atoms in total. The highest BCUT2D eigenvalue weighted by Gasteiger charge is 2.23. The molecule has 0 aliphatic heterocycles. The van der Waals surface area contributed by atoms with E-state index >= 15 is 0 Å². The van der Waals surface area contributed by atoms with Crippen LogP contribution in [0.1, 0.15) is 10.8 Å². The number of thioether (sulfide) groups is 1. The fourth-order valence-corrected chi connectivity index (χ4v) is 5.26. The smallest absolute Gasteiger partial charge is 0.244 e. The number of nitrogens with two attached hydrogens (primary N) is 1. The van der Waals surface area contributed by atoms with E-state index < -0.39 is 5.25 Å². The zero-order valence-electron chi connectivity index (χ0n) is 16.1. The molecular formula is C23H17Cl2N3OS2. The number of halogens is 2. The van der Waals surface area contributed by atoms with Gasteiger partial charge in [-0.25, -0.2) is 4.98 Å². The van der Waals surface area contributed by atoms with E-state index in [9.17, 15) is 4.79 Å². The van der Waals surface area contributed by atoms with Gasteiger partial charge in [0.05, 0.1) is 10.7 Å². The summed E-state index contributed by atoms with van der Waals surface area (Å²) in [5.74, 6) is -0.165. The monoisotopic (exact) mass is 485 g/mol. The second-order valence-corrected chi connectivity index (χ2v) is 9.51. The van der Waals surface area contributed by atoms with E-state index in [0.717, 1.165) is 16.0 Å². The van der Waals surface area contributed by atoms with Gasteiger partial charge >= 0.3 is 0 Å². The van der Waals surface area contributed by atoms with Crippen LogP contribution in [0.2, 0.25) is 10.0 Å². The maximum atomic E-state index is 13.2. The van der Waals surface area contributed by atoms with E-state index in [1.165, 1.54) is 23.1 Å². The Morgan fingerprint density at radius 2 is 1.84 bits per heavy atom. The maximum Gasteiger partial charge on any atom is 0.244 e. The molecular weight excluding hydrogens is 469 g/mol. The van der Waals surface area contributed by atoms with E-state index in [4.69, 9.17) is 28.9 Å². The average Bonchev–Trinajstić information content (AvgIpc) is 3.20. The van der Waals surface area contributed by atoms with Crippen molar-refractivity contribution in [3.8, 4) is 11.3 Å². The minimum absolute atomic E-state index is 0.165. The second kappa shape index (κ2) is 9.75. The van der Waals surface area contributed by atoms with Gasteiger partial charge in [0, 0.05) is 26.5 Å². The third kappa shape index (κ3) is 5.40. The molecule has 3 N–H and O–H groups in total. The van der Waals surface area contributed by atoms with Gasteiger partial charge in [-0.15, -0.1) is 23.1 Å². The predicted molar refractivity (Wildman–Crippen MR) is 132 cm³/mol. The van der Waals surface area contributed by atoms with Crippen molar-refractivity contribution in [1.82, 2.24) is 4.98 Å². The molecule has 0 saturated heterocycles. The third-order valence-electron chi connectivity index (χ3n) is 4.39. The normalized spacial score (nSPS) is 11.8. The van der Waals surface area contributed by atoms with Crippen molar-refractivity contribution in [3.63, 3.8) is 0 Å². The van der Waals surface area contributed by atoms with Gasteiger partial charge in [-0.2, -0.15) is 0 Å². The Hall–Kier alpha value is -2.51. The number of hydrogen-bond donors (Lipinski definition) is 2. The van der Waals surface area contributed by atoms with Gasteiger partial charge < -0.3 is 11.1 Å². The number of hydrogen-bond acceptors (Lipinski definition) is 5. The molecule has 1 aromatic heterocycles. The summed E-state index contributed by atoms with van der Waals surface area (Å²) in [7, 11) is 0. The zero-order valence-corrected chi connectivity index (χ0v) is 19.2. The Morgan fingerprint density at radius 1 is 1.03 bits per heavy atom. The summed E-state index contributed by atoms with van der Waals surface area (Å²) in [6, 6.07) is 22.4. The van der Waals surface area contributed by atoms with Gasteiger partial charge in [0.25, 0.3) is 0 Å². The molecule has 0 saturated carbocycles. The van der Waals surface area contributed by atoms with Crippen molar-refractivity contribution in [2.75, 3.05) is 11.1 Å². The number of nitrogens with one attached hydrogen (secondary N) is 1. The number of aromatic nitrogens is 1. The van der Waals surface area contributed by atoms with Crippen LogP contribution in [-0.4, -0.2) is 10.9 Å². The summed E-state index contributed by atoms with van der Waals surface area (Å²) < 4.78 is 0. The van der Waals surface area contributed by atoms with Crippen molar-refractivity contribution in [1.29, 1.82) is 0 Å². The number of thiazole rings is 1. The third-order valence-corrected chi connectivity index (χ3v) is 6.95. The van der Waals surface area contributed by atoms with Crippen molar-refractivity contribution in [2.45, 2.75) is 10.1 Å². The van der Waals surface area contributed by atoms with Crippen molar-refractivity contribution in [3.05, 3.63) is 93.8 Å². The minimum atomic E-state index is -0.463. The molecule has 0 radical (unpaired) electrons. The first-order valence-electron chi connectivity index (χ1n) is 9.28. The molecule has 0 aliphatic rings. The predicted octanol–water partition coefficient (Wildman–Crippen LogP) is 7.17. The fourth-order valence-electron chi connectivity index (χ4n) is 2.95. The highest BCUT2D eigenvalue weighted by atomic mass is 35.5. The fraction of sp³-hybridized carbons (Fsp3) is 0.0435. The van der Waals surface area contributed by atoms with Crippen LogP contribution in [0, 0.1) is 0 Å². The molecule has 0 bridgehead atoms. The van der Waals surface area contributed by atoms with Crippen LogP contribution >= 0.6 is 46.3 Å². The molecule has 3 aromatic carbocycles. The molecule has 4 aromatic rings. The van der Waals surface area contributed by atoms with Crippen LogP contribution in [-0.2, 0) is 4.79 Å². The summed E-state index contributed by atoms with van der Waals surface area (Å²) in [5, 5.41) is 5.90. The molecule has 0 fully saturated rings. The topological polar surface area (TPSA) is 68.0 Å². The lowest BCUT2D eigenvalue weighted by molar-refractivity contribution is -0.115. The van der Waals surface area contributed by atoms with Gasteiger partial charge in [0.15, 0.2) is 5.13 Å². The van der Waals surface area contributed by atoms with Crippen molar-refractivity contribution in [2.24, 2.45) is 0 Å². The van der Waals surface area contributed by atoms with Gasteiger partial charge in [-0.1, -0.05) is 59.6 Å².